The van der Waals surface area contributed by atoms with E-state index in [0.29, 0.717) is 23.1 Å². The fraction of sp³-hybridized carbons (Fsp3) is 0.526. The first-order valence-corrected chi connectivity index (χ1v) is 9.05. The van der Waals surface area contributed by atoms with Crippen LogP contribution >= 0.6 is 0 Å². The molecule has 26 heavy (non-hydrogen) atoms. The number of aromatic amines is 1. The molecule has 1 saturated carbocycles. The van der Waals surface area contributed by atoms with Crippen LogP contribution in [0.2, 0.25) is 0 Å². The minimum Gasteiger partial charge on any atom is -0.480 e. The molecule has 0 atom stereocenters. The monoisotopic (exact) mass is 358 g/mol. The molecule has 0 saturated heterocycles. The van der Waals surface area contributed by atoms with Gasteiger partial charge in [-0.15, -0.1) is 5.10 Å². The number of ether oxygens (including phenoxy) is 1. The highest BCUT2D eigenvalue weighted by molar-refractivity contribution is 5.95. The number of H-pyrrole nitrogens is 1. The third-order valence-corrected chi connectivity index (χ3v) is 5.14. The molecule has 0 unspecified atom stereocenters. The van der Waals surface area contributed by atoms with Crippen LogP contribution in [0.4, 0.5) is 0 Å². The fourth-order valence-corrected chi connectivity index (χ4v) is 3.59. The highest BCUT2D eigenvalue weighted by Crippen LogP contribution is 2.27. The van der Waals surface area contributed by atoms with E-state index in [9.17, 15) is 9.59 Å². The van der Waals surface area contributed by atoms with Gasteiger partial charge >= 0.3 is 0 Å². The van der Waals surface area contributed by atoms with Crippen LogP contribution in [0, 0.1) is 19.8 Å². The molecule has 7 nitrogen and oxygen atoms in total. The van der Waals surface area contributed by atoms with Gasteiger partial charge in [-0.25, -0.2) is 0 Å². The van der Waals surface area contributed by atoms with Crippen LogP contribution in [0.1, 0.15) is 47.4 Å². The molecular formula is C19H26N4O3. The lowest BCUT2D eigenvalue weighted by Crippen LogP contribution is -2.38. The minimum atomic E-state index is -0.190. The summed E-state index contributed by atoms with van der Waals surface area (Å²) in [6.07, 6.45) is 4.01. The normalized spacial score (nSPS) is 20.0. The summed E-state index contributed by atoms with van der Waals surface area (Å²) in [6.45, 7) is 4.66. The summed E-state index contributed by atoms with van der Waals surface area (Å²) in [5.41, 5.74) is 2.05. The van der Waals surface area contributed by atoms with Crippen molar-refractivity contribution in [3.05, 3.63) is 45.5 Å². The van der Waals surface area contributed by atoms with Crippen LogP contribution < -0.4 is 15.6 Å². The van der Waals surface area contributed by atoms with Gasteiger partial charge in [0.05, 0.1) is 12.7 Å². The number of aryl methyl sites for hydroxylation is 2. The van der Waals surface area contributed by atoms with Gasteiger partial charge in [-0.3, -0.25) is 14.3 Å². The Kier molecular flexibility index (Phi) is 5.44. The quantitative estimate of drug-likeness (QED) is 0.857. The molecule has 0 aliphatic heterocycles. The first-order chi connectivity index (χ1) is 12.5. The van der Waals surface area contributed by atoms with E-state index in [0.717, 1.165) is 37.9 Å². The number of hydrogen-bond acceptors (Lipinski definition) is 4. The first kappa shape index (κ1) is 18.2. The third kappa shape index (κ3) is 4.15. The van der Waals surface area contributed by atoms with Gasteiger partial charge < -0.3 is 15.0 Å². The lowest BCUT2D eigenvalue weighted by atomic mass is 9.86. The van der Waals surface area contributed by atoms with Crippen LogP contribution in [0.25, 0.3) is 0 Å². The molecule has 7 heteroatoms. The number of carbonyl (C=O) groups is 1. The van der Waals surface area contributed by atoms with Crippen molar-refractivity contribution in [2.45, 2.75) is 52.1 Å². The van der Waals surface area contributed by atoms with Crippen LogP contribution in [-0.2, 0) is 6.54 Å². The molecule has 1 aliphatic rings. The van der Waals surface area contributed by atoms with Gasteiger partial charge in [0.1, 0.15) is 0 Å². The van der Waals surface area contributed by atoms with E-state index in [-0.39, 0.29) is 17.5 Å². The van der Waals surface area contributed by atoms with Gasteiger partial charge in [0, 0.05) is 36.1 Å². The third-order valence-electron chi connectivity index (χ3n) is 5.14. The molecule has 0 spiro atoms. The Hall–Kier alpha value is -2.57. The molecule has 0 radical (unpaired) electrons. The van der Waals surface area contributed by atoms with E-state index in [1.807, 2.05) is 17.7 Å². The van der Waals surface area contributed by atoms with E-state index in [1.54, 1.807) is 20.1 Å². The summed E-state index contributed by atoms with van der Waals surface area (Å²) < 4.78 is 7.19. The molecule has 140 valence electrons. The van der Waals surface area contributed by atoms with E-state index >= 15 is 0 Å². The number of nitrogens with zero attached hydrogens (tertiary/aromatic N) is 2. The summed E-state index contributed by atoms with van der Waals surface area (Å²) >= 11 is 0. The fourth-order valence-electron chi connectivity index (χ4n) is 3.59. The second kappa shape index (κ2) is 7.76. The predicted octanol–water partition coefficient (Wildman–Crippen LogP) is 2.19. The van der Waals surface area contributed by atoms with Crippen molar-refractivity contribution in [2.75, 3.05) is 7.11 Å². The standard InChI is InChI=1S/C19H26N4O3/c1-12-10-18(26-3)22-23(12)11-14-4-6-15(7-5-14)21-19(25)16-8-9-17(24)20-13(16)2/h8-10,14-15H,4-7,11H2,1-3H3,(H,20,24)(H,21,25). The van der Waals surface area contributed by atoms with Crippen LogP contribution in [0.15, 0.2) is 23.0 Å². The second-order valence-electron chi connectivity index (χ2n) is 7.06. The Labute approximate surface area is 152 Å². The van der Waals surface area contributed by atoms with Crippen molar-refractivity contribution in [3.8, 4) is 5.88 Å². The maximum atomic E-state index is 12.4. The van der Waals surface area contributed by atoms with Gasteiger partial charge in [0.15, 0.2) is 0 Å². The van der Waals surface area contributed by atoms with Crippen molar-refractivity contribution >= 4 is 5.91 Å². The summed E-state index contributed by atoms with van der Waals surface area (Å²) in [5.74, 6) is 1.09. The van der Waals surface area contributed by atoms with Gasteiger partial charge in [-0.1, -0.05) is 0 Å². The molecule has 0 bridgehead atoms. The van der Waals surface area contributed by atoms with Crippen molar-refractivity contribution in [1.29, 1.82) is 0 Å². The molecule has 0 aromatic carbocycles. The van der Waals surface area contributed by atoms with Crippen molar-refractivity contribution in [2.24, 2.45) is 5.92 Å². The van der Waals surface area contributed by atoms with Crippen LogP contribution in [0.3, 0.4) is 0 Å². The molecule has 1 aliphatic carbocycles. The number of pyridine rings is 1. The van der Waals surface area contributed by atoms with Crippen molar-refractivity contribution in [1.82, 2.24) is 20.1 Å². The van der Waals surface area contributed by atoms with Gasteiger partial charge in [-0.2, -0.15) is 0 Å². The average molecular weight is 358 g/mol. The maximum Gasteiger partial charge on any atom is 0.253 e. The zero-order chi connectivity index (χ0) is 18.7. The van der Waals surface area contributed by atoms with E-state index < -0.39 is 0 Å². The first-order valence-electron chi connectivity index (χ1n) is 9.05. The topological polar surface area (TPSA) is 89.0 Å². The molecule has 3 rings (SSSR count). The predicted molar refractivity (Wildman–Crippen MR) is 98.5 cm³/mol. The number of nitrogens with one attached hydrogen (secondary N) is 2. The summed E-state index contributed by atoms with van der Waals surface area (Å²) in [6, 6.07) is 5.10. The highest BCUT2D eigenvalue weighted by Gasteiger charge is 2.24. The average Bonchev–Trinajstić information content (AvgIpc) is 2.96. The van der Waals surface area contributed by atoms with E-state index in [4.69, 9.17) is 4.74 Å². The van der Waals surface area contributed by atoms with Crippen molar-refractivity contribution in [3.63, 3.8) is 0 Å². The molecule has 2 aromatic rings. The molecule has 2 heterocycles. The zero-order valence-electron chi connectivity index (χ0n) is 15.5. The Bertz CT molecular complexity index is 832. The number of hydrogen-bond donors (Lipinski definition) is 2. The second-order valence-corrected chi connectivity index (χ2v) is 7.06. The molecule has 1 fully saturated rings. The smallest absolute Gasteiger partial charge is 0.253 e. The Morgan fingerprint density at radius 3 is 2.65 bits per heavy atom. The summed E-state index contributed by atoms with van der Waals surface area (Å²) in [7, 11) is 1.63. The largest absolute Gasteiger partial charge is 0.480 e. The highest BCUT2D eigenvalue weighted by atomic mass is 16.5. The Morgan fingerprint density at radius 2 is 2.04 bits per heavy atom. The van der Waals surface area contributed by atoms with Gasteiger partial charge in [0.25, 0.3) is 5.91 Å². The molecular weight excluding hydrogens is 332 g/mol. The van der Waals surface area contributed by atoms with Gasteiger partial charge in [0.2, 0.25) is 11.4 Å². The number of aromatic nitrogens is 3. The van der Waals surface area contributed by atoms with Crippen LogP contribution in [0.5, 0.6) is 5.88 Å². The van der Waals surface area contributed by atoms with Gasteiger partial charge in [-0.05, 0) is 51.5 Å². The summed E-state index contributed by atoms with van der Waals surface area (Å²) in [5, 5.41) is 7.54. The number of methoxy groups -OCH3 is 1. The lowest BCUT2D eigenvalue weighted by Gasteiger charge is -2.29. The molecule has 2 N–H and O–H groups in total. The van der Waals surface area contributed by atoms with E-state index in [1.165, 1.54) is 6.07 Å². The SMILES string of the molecule is COc1cc(C)n(CC2CCC(NC(=O)c3ccc(=O)[nH]c3C)CC2)n1. The maximum absolute atomic E-state index is 12.4. The number of rotatable bonds is 5. The molecule has 2 aromatic heterocycles. The van der Waals surface area contributed by atoms with Crippen LogP contribution in [-0.4, -0.2) is 33.8 Å². The van der Waals surface area contributed by atoms with E-state index in [2.05, 4.69) is 15.4 Å². The lowest BCUT2D eigenvalue weighted by molar-refractivity contribution is 0.0919. The Balaban J connectivity index is 1.52. The summed E-state index contributed by atoms with van der Waals surface area (Å²) in [4.78, 5) is 26.4. The number of amides is 1. The van der Waals surface area contributed by atoms with Crippen molar-refractivity contribution < 1.29 is 9.53 Å². The minimum absolute atomic E-state index is 0.116. The Morgan fingerprint density at radius 1 is 1.31 bits per heavy atom. The zero-order valence-corrected chi connectivity index (χ0v) is 15.5. The molecule has 1 amide bonds. The number of carbonyl (C=O) groups excluding carboxylic acids is 1.